The number of benzene rings is 1. The van der Waals surface area contributed by atoms with Crippen LogP contribution in [-0.4, -0.2) is 29.8 Å². The first-order valence-electron chi connectivity index (χ1n) is 8.80. The van der Waals surface area contributed by atoms with Crippen LogP contribution in [0.2, 0.25) is 0 Å². The monoisotopic (exact) mass is 345 g/mol. The van der Waals surface area contributed by atoms with Gasteiger partial charge in [-0.3, -0.25) is 14.4 Å². The van der Waals surface area contributed by atoms with Gasteiger partial charge in [-0.2, -0.15) is 0 Å². The van der Waals surface area contributed by atoms with Crippen molar-refractivity contribution in [2.45, 2.75) is 58.7 Å². The molecule has 3 N–H and O–H groups in total. The van der Waals surface area contributed by atoms with Crippen molar-refractivity contribution >= 4 is 17.7 Å². The molecular formula is C19H27N3O3. The van der Waals surface area contributed by atoms with E-state index >= 15 is 0 Å². The Bertz CT molecular complexity index is 643. The quantitative estimate of drug-likeness (QED) is 0.755. The molecule has 1 aliphatic rings. The number of hydrogen-bond donors (Lipinski definition) is 3. The Kier molecular flexibility index (Phi) is 6.56. The van der Waals surface area contributed by atoms with Gasteiger partial charge in [0.15, 0.2) is 0 Å². The molecule has 136 valence electrons. The number of hydrogen-bond acceptors (Lipinski definition) is 3. The number of nitrogens with one attached hydrogen (secondary N) is 3. The highest BCUT2D eigenvalue weighted by Gasteiger charge is 2.25. The molecule has 6 nitrogen and oxygen atoms in total. The third-order valence-corrected chi connectivity index (χ3v) is 4.21. The lowest BCUT2D eigenvalue weighted by Gasteiger charge is -2.23. The summed E-state index contributed by atoms with van der Waals surface area (Å²) in [5.41, 5.74) is 2.01. The van der Waals surface area contributed by atoms with Gasteiger partial charge in [-0.1, -0.05) is 38.1 Å². The number of rotatable bonds is 2. The van der Waals surface area contributed by atoms with E-state index in [0.29, 0.717) is 25.8 Å². The zero-order chi connectivity index (χ0) is 18.4. The second-order valence-electron chi connectivity index (χ2n) is 7.02. The van der Waals surface area contributed by atoms with E-state index in [2.05, 4.69) is 16.0 Å². The molecule has 0 radical (unpaired) electrons. The van der Waals surface area contributed by atoms with Gasteiger partial charge in [0.1, 0.15) is 12.1 Å². The fourth-order valence-electron chi connectivity index (χ4n) is 2.84. The van der Waals surface area contributed by atoms with Crippen molar-refractivity contribution in [1.82, 2.24) is 16.0 Å². The van der Waals surface area contributed by atoms with Crippen molar-refractivity contribution in [2.75, 3.05) is 0 Å². The van der Waals surface area contributed by atoms with Crippen LogP contribution in [0.3, 0.4) is 0 Å². The number of aryl methyl sites for hydroxylation is 1. The van der Waals surface area contributed by atoms with Crippen LogP contribution in [0.5, 0.6) is 0 Å². The third-order valence-electron chi connectivity index (χ3n) is 4.21. The van der Waals surface area contributed by atoms with Gasteiger partial charge in [-0.05, 0) is 36.8 Å². The largest absolute Gasteiger partial charge is 0.350 e. The zero-order valence-electron chi connectivity index (χ0n) is 15.1. The van der Waals surface area contributed by atoms with Crippen molar-refractivity contribution in [3.63, 3.8) is 0 Å². The first-order chi connectivity index (χ1) is 11.8. The van der Waals surface area contributed by atoms with E-state index < -0.39 is 12.1 Å². The highest BCUT2D eigenvalue weighted by molar-refractivity contribution is 5.91. The normalized spacial score (nSPS) is 22.6. The van der Waals surface area contributed by atoms with Gasteiger partial charge in [-0.25, -0.2) is 0 Å². The fraction of sp³-hybridized carbons (Fsp3) is 0.526. The second-order valence-corrected chi connectivity index (χ2v) is 7.02. The first-order valence-corrected chi connectivity index (χ1v) is 8.80. The van der Waals surface area contributed by atoms with E-state index in [9.17, 15) is 14.4 Å². The lowest BCUT2D eigenvalue weighted by Crippen LogP contribution is -2.53. The molecule has 3 amide bonds. The molecule has 6 heteroatoms. The summed E-state index contributed by atoms with van der Waals surface area (Å²) in [4.78, 5) is 36.9. The Hall–Kier alpha value is -2.37. The summed E-state index contributed by atoms with van der Waals surface area (Å²) in [5.74, 6) is -0.471. The summed E-state index contributed by atoms with van der Waals surface area (Å²) in [6.07, 6.45) is 1.45. The van der Waals surface area contributed by atoms with Gasteiger partial charge >= 0.3 is 0 Å². The molecule has 0 unspecified atom stereocenters. The van der Waals surface area contributed by atoms with E-state index in [1.807, 2.05) is 38.1 Å². The van der Waals surface area contributed by atoms with Crippen LogP contribution in [0.25, 0.3) is 0 Å². The summed E-state index contributed by atoms with van der Waals surface area (Å²) in [6.45, 7) is 6.02. The number of fused-ring (bicyclic) bond motifs is 2. The molecule has 0 saturated carbocycles. The highest BCUT2D eigenvalue weighted by Crippen LogP contribution is 2.10. The second kappa shape index (κ2) is 8.65. The summed E-state index contributed by atoms with van der Waals surface area (Å²) in [6, 6.07) is 6.52. The standard InChI is InChI=1S/C19H27N3O3/c1-12(2)9-16-19(25)21-13(3)18(24)20-11-15-6-4-5-14(10-15)7-8-17(23)22-16/h4-6,10,12-13,16H,7-9,11H2,1-3H3,(H,20,24)(H,21,25)(H,22,23)/t13-,16-/m0/s1. The van der Waals surface area contributed by atoms with Gasteiger partial charge in [0.05, 0.1) is 0 Å². The number of carbonyl (C=O) groups is 3. The SMILES string of the molecule is CC(C)C[C@@H]1NC(=O)CCc2cccc(c2)CNC(=O)[C@H](C)NC1=O. The number of carbonyl (C=O) groups excluding carboxylic acids is 3. The van der Waals surface area contributed by atoms with E-state index in [0.717, 1.165) is 11.1 Å². The predicted molar refractivity (Wildman–Crippen MR) is 95.6 cm³/mol. The molecule has 2 rings (SSSR count). The Morgan fingerprint density at radius 3 is 2.48 bits per heavy atom. The van der Waals surface area contributed by atoms with E-state index in [-0.39, 0.29) is 23.6 Å². The molecule has 1 aromatic rings. The molecule has 0 aromatic heterocycles. The molecule has 1 heterocycles. The molecule has 0 saturated heterocycles. The topological polar surface area (TPSA) is 87.3 Å². The van der Waals surface area contributed by atoms with Crippen molar-refractivity contribution in [3.8, 4) is 0 Å². The molecular weight excluding hydrogens is 318 g/mol. The van der Waals surface area contributed by atoms with Crippen LogP contribution in [0, 0.1) is 5.92 Å². The van der Waals surface area contributed by atoms with Gasteiger partial charge in [0, 0.05) is 13.0 Å². The smallest absolute Gasteiger partial charge is 0.243 e. The Morgan fingerprint density at radius 1 is 1.04 bits per heavy atom. The van der Waals surface area contributed by atoms with Crippen LogP contribution in [-0.2, 0) is 27.3 Å². The van der Waals surface area contributed by atoms with Gasteiger partial charge in [-0.15, -0.1) is 0 Å². The maximum Gasteiger partial charge on any atom is 0.243 e. The van der Waals surface area contributed by atoms with E-state index in [1.165, 1.54) is 0 Å². The fourth-order valence-corrected chi connectivity index (χ4v) is 2.84. The number of amides is 3. The Morgan fingerprint density at radius 2 is 1.76 bits per heavy atom. The average molecular weight is 345 g/mol. The van der Waals surface area contributed by atoms with E-state index in [4.69, 9.17) is 0 Å². The van der Waals surface area contributed by atoms with Crippen LogP contribution in [0.1, 0.15) is 44.7 Å². The minimum atomic E-state index is -0.662. The van der Waals surface area contributed by atoms with E-state index in [1.54, 1.807) is 6.92 Å². The van der Waals surface area contributed by atoms with Crippen LogP contribution < -0.4 is 16.0 Å². The van der Waals surface area contributed by atoms with Crippen molar-refractivity contribution < 1.29 is 14.4 Å². The third kappa shape index (κ3) is 5.89. The van der Waals surface area contributed by atoms with Gasteiger partial charge in [0.25, 0.3) is 0 Å². The van der Waals surface area contributed by atoms with Crippen molar-refractivity contribution in [3.05, 3.63) is 35.4 Å². The highest BCUT2D eigenvalue weighted by atomic mass is 16.2. The minimum Gasteiger partial charge on any atom is -0.350 e. The Labute approximate surface area is 148 Å². The average Bonchev–Trinajstić information content (AvgIpc) is 2.56. The first kappa shape index (κ1) is 19.0. The molecule has 0 spiro atoms. The minimum absolute atomic E-state index is 0.152. The maximum absolute atomic E-state index is 12.5. The van der Waals surface area contributed by atoms with Gasteiger partial charge < -0.3 is 16.0 Å². The zero-order valence-corrected chi connectivity index (χ0v) is 15.1. The molecule has 2 atom stereocenters. The molecule has 1 aliphatic heterocycles. The Balaban J connectivity index is 2.21. The molecule has 0 aliphatic carbocycles. The molecule has 1 aromatic carbocycles. The molecule has 0 fully saturated rings. The van der Waals surface area contributed by atoms with Gasteiger partial charge in [0.2, 0.25) is 17.7 Å². The van der Waals surface area contributed by atoms with Crippen LogP contribution in [0.15, 0.2) is 24.3 Å². The summed E-state index contributed by atoms with van der Waals surface area (Å²) >= 11 is 0. The maximum atomic E-state index is 12.5. The summed E-state index contributed by atoms with van der Waals surface area (Å²) in [5, 5.41) is 8.35. The molecule has 25 heavy (non-hydrogen) atoms. The van der Waals surface area contributed by atoms with Crippen molar-refractivity contribution in [1.29, 1.82) is 0 Å². The lowest BCUT2D eigenvalue weighted by atomic mass is 10.0. The van der Waals surface area contributed by atoms with Crippen LogP contribution >= 0.6 is 0 Å². The molecule has 2 bridgehead atoms. The van der Waals surface area contributed by atoms with Crippen LogP contribution in [0.4, 0.5) is 0 Å². The lowest BCUT2D eigenvalue weighted by molar-refractivity contribution is -0.132. The van der Waals surface area contributed by atoms with Crippen molar-refractivity contribution in [2.24, 2.45) is 5.92 Å². The summed E-state index contributed by atoms with van der Waals surface area (Å²) < 4.78 is 0. The summed E-state index contributed by atoms with van der Waals surface area (Å²) in [7, 11) is 0. The predicted octanol–water partition coefficient (Wildman–Crippen LogP) is 1.28.